The van der Waals surface area contributed by atoms with E-state index in [2.05, 4.69) is 23.9 Å². The standard InChI is InChI=1S/C14H31N3O2S/c1-3-5-6-7-10-16-20(18,19)17-11-8-9-14(13-17)12-15-4-2/h14-16H,3-13H2,1-2H3. The Hall–Kier alpha value is -0.170. The van der Waals surface area contributed by atoms with Crippen LogP contribution in [0.4, 0.5) is 0 Å². The fourth-order valence-electron chi connectivity index (χ4n) is 2.60. The minimum Gasteiger partial charge on any atom is -0.317 e. The van der Waals surface area contributed by atoms with Crippen molar-refractivity contribution in [3.05, 3.63) is 0 Å². The lowest BCUT2D eigenvalue weighted by molar-refractivity contribution is 0.258. The molecule has 120 valence electrons. The average molecular weight is 305 g/mol. The molecule has 1 rings (SSSR count). The molecule has 1 atom stereocenters. The zero-order chi connectivity index (χ0) is 14.8. The molecular formula is C14H31N3O2S. The fourth-order valence-corrected chi connectivity index (χ4v) is 3.97. The third-order valence-corrected chi connectivity index (χ3v) is 5.40. The maximum atomic E-state index is 12.2. The van der Waals surface area contributed by atoms with Crippen molar-refractivity contribution < 1.29 is 8.42 Å². The molecule has 1 saturated heterocycles. The van der Waals surface area contributed by atoms with Crippen LogP contribution in [0.5, 0.6) is 0 Å². The first-order chi connectivity index (χ1) is 9.60. The Morgan fingerprint density at radius 2 is 2.00 bits per heavy atom. The van der Waals surface area contributed by atoms with Crippen LogP contribution in [0.15, 0.2) is 0 Å². The molecule has 1 aliphatic heterocycles. The van der Waals surface area contributed by atoms with Gasteiger partial charge in [0, 0.05) is 19.6 Å². The molecule has 0 aromatic rings. The van der Waals surface area contributed by atoms with Crippen molar-refractivity contribution >= 4 is 10.2 Å². The normalized spacial score (nSPS) is 21.2. The van der Waals surface area contributed by atoms with Crippen molar-refractivity contribution in [3.8, 4) is 0 Å². The quantitative estimate of drug-likeness (QED) is 0.604. The molecule has 0 saturated carbocycles. The molecule has 0 spiro atoms. The van der Waals surface area contributed by atoms with Crippen molar-refractivity contribution in [2.75, 3.05) is 32.7 Å². The molecule has 1 heterocycles. The van der Waals surface area contributed by atoms with Crippen LogP contribution in [0.3, 0.4) is 0 Å². The van der Waals surface area contributed by atoms with Crippen molar-refractivity contribution in [2.45, 2.75) is 52.4 Å². The summed E-state index contributed by atoms with van der Waals surface area (Å²) in [6.45, 7) is 7.97. The van der Waals surface area contributed by atoms with Gasteiger partial charge in [-0.2, -0.15) is 12.7 Å². The Balaban J connectivity index is 2.34. The second-order valence-electron chi connectivity index (χ2n) is 5.63. The third-order valence-electron chi connectivity index (χ3n) is 3.82. The molecule has 1 unspecified atom stereocenters. The van der Waals surface area contributed by atoms with Gasteiger partial charge in [-0.3, -0.25) is 0 Å². The molecule has 0 bridgehead atoms. The topological polar surface area (TPSA) is 61.4 Å². The van der Waals surface area contributed by atoms with Gasteiger partial charge >= 0.3 is 0 Å². The Kier molecular flexibility index (Phi) is 8.68. The highest BCUT2D eigenvalue weighted by Crippen LogP contribution is 2.18. The highest BCUT2D eigenvalue weighted by molar-refractivity contribution is 7.87. The summed E-state index contributed by atoms with van der Waals surface area (Å²) in [6.07, 6.45) is 6.47. The van der Waals surface area contributed by atoms with Gasteiger partial charge in [-0.05, 0) is 38.3 Å². The molecule has 5 nitrogen and oxygen atoms in total. The number of unbranched alkanes of at least 4 members (excludes halogenated alkanes) is 3. The summed E-state index contributed by atoms with van der Waals surface area (Å²) in [5.41, 5.74) is 0. The second kappa shape index (κ2) is 9.71. The maximum absolute atomic E-state index is 12.2. The largest absolute Gasteiger partial charge is 0.317 e. The van der Waals surface area contributed by atoms with Crippen molar-refractivity contribution in [1.82, 2.24) is 14.3 Å². The van der Waals surface area contributed by atoms with Gasteiger partial charge in [-0.1, -0.05) is 33.1 Å². The summed E-state index contributed by atoms with van der Waals surface area (Å²) in [5, 5.41) is 3.31. The summed E-state index contributed by atoms with van der Waals surface area (Å²) in [4.78, 5) is 0. The van der Waals surface area contributed by atoms with E-state index in [1.807, 2.05) is 0 Å². The zero-order valence-corrected chi connectivity index (χ0v) is 13.8. The van der Waals surface area contributed by atoms with E-state index in [0.29, 0.717) is 25.6 Å². The van der Waals surface area contributed by atoms with Gasteiger partial charge in [0.25, 0.3) is 10.2 Å². The minimum absolute atomic E-state index is 0.445. The molecule has 0 aromatic carbocycles. The van der Waals surface area contributed by atoms with E-state index >= 15 is 0 Å². The maximum Gasteiger partial charge on any atom is 0.279 e. The summed E-state index contributed by atoms with van der Waals surface area (Å²) in [6, 6.07) is 0. The number of piperidine rings is 1. The summed E-state index contributed by atoms with van der Waals surface area (Å²) < 4.78 is 28.8. The smallest absolute Gasteiger partial charge is 0.279 e. The Bertz CT molecular complexity index is 346. The molecule has 0 aromatic heterocycles. The first-order valence-electron chi connectivity index (χ1n) is 8.05. The Morgan fingerprint density at radius 1 is 1.20 bits per heavy atom. The highest BCUT2D eigenvalue weighted by Gasteiger charge is 2.28. The van der Waals surface area contributed by atoms with Gasteiger partial charge in [-0.15, -0.1) is 0 Å². The molecule has 0 radical (unpaired) electrons. The van der Waals surface area contributed by atoms with E-state index in [1.54, 1.807) is 4.31 Å². The molecule has 1 fully saturated rings. The lowest BCUT2D eigenvalue weighted by atomic mass is 10.00. The van der Waals surface area contributed by atoms with E-state index in [0.717, 1.165) is 38.8 Å². The fraction of sp³-hybridized carbons (Fsp3) is 1.00. The van der Waals surface area contributed by atoms with Crippen LogP contribution < -0.4 is 10.0 Å². The van der Waals surface area contributed by atoms with E-state index in [-0.39, 0.29) is 0 Å². The number of nitrogens with one attached hydrogen (secondary N) is 2. The van der Waals surface area contributed by atoms with Gasteiger partial charge in [0.05, 0.1) is 0 Å². The summed E-state index contributed by atoms with van der Waals surface area (Å²) in [5.74, 6) is 0.445. The van der Waals surface area contributed by atoms with Crippen molar-refractivity contribution in [2.24, 2.45) is 5.92 Å². The van der Waals surface area contributed by atoms with Gasteiger partial charge in [0.15, 0.2) is 0 Å². The summed E-state index contributed by atoms with van der Waals surface area (Å²) >= 11 is 0. The third kappa shape index (κ3) is 6.52. The van der Waals surface area contributed by atoms with Crippen LogP contribution in [-0.4, -0.2) is 45.4 Å². The van der Waals surface area contributed by atoms with E-state index < -0.39 is 10.2 Å². The first kappa shape index (κ1) is 17.9. The highest BCUT2D eigenvalue weighted by atomic mass is 32.2. The first-order valence-corrected chi connectivity index (χ1v) is 9.49. The Labute approximate surface area is 124 Å². The van der Waals surface area contributed by atoms with Crippen molar-refractivity contribution in [1.29, 1.82) is 0 Å². The SMILES string of the molecule is CCCCCCNS(=O)(=O)N1CCCC(CNCC)C1. The van der Waals surface area contributed by atoms with E-state index in [1.165, 1.54) is 12.8 Å². The van der Waals surface area contributed by atoms with Crippen LogP contribution in [0.1, 0.15) is 52.4 Å². The zero-order valence-electron chi connectivity index (χ0n) is 13.0. The average Bonchev–Trinajstić information content (AvgIpc) is 2.45. The second-order valence-corrected chi connectivity index (χ2v) is 7.39. The van der Waals surface area contributed by atoms with Gasteiger partial charge in [0.1, 0.15) is 0 Å². The minimum atomic E-state index is -3.27. The van der Waals surface area contributed by atoms with E-state index in [4.69, 9.17) is 0 Å². The summed E-state index contributed by atoms with van der Waals surface area (Å²) in [7, 11) is -3.27. The molecule has 2 N–H and O–H groups in total. The van der Waals surface area contributed by atoms with Crippen LogP contribution in [0.25, 0.3) is 0 Å². The predicted molar refractivity (Wildman–Crippen MR) is 83.9 cm³/mol. The van der Waals surface area contributed by atoms with Crippen LogP contribution in [-0.2, 0) is 10.2 Å². The number of hydrogen-bond donors (Lipinski definition) is 2. The van der Waals surface area contributed by atoms with Crippen molar-refractivity contribution in [3.63, 3.8) is 0 Å². The van der Waals surface area contributed by atoms with Crippen LogP contribution in [0, 0.1) is 5.92 Å². The monoisotopic (exact) mass is 305 g/mol. The molecule has 0 amide bonds. The lowest BCUT2D eigenvalue weighted by Gasteiger charge is -2.32. The van der Waals surface area contributed by atoms with Gasteiger partial charge < -0.3 is 5.32 Å². The number of hydrogen-bond acceptors (Lipinski definition) is 3. The van der Waals surface area contributed by atoms with Gasteiger partial charge in [-0.25, -0.2) is 4.72 Å². The van der Waals surface area contributed by atoms with Crippen LogP contribution >= 0.6 is 0 Å². The van der Waals surface area contributed by atoms with Gasteiger partial charge in [0.2, 0.25) is 0 Å². The number of rotatable bonds is 10. The van der Waals surface area contributed by atoms with Crippen LogP contribution in [0.2, 0.25) is 0 Å². The lowest BCUT2D eigenvalue weighted by Crippen LogP contribution is -2.47. The predicted octanol–water partition coefficient (Wildman–Crippen LogP) is 1.72. The van der Waals surface area contributed by atoms with E-state index in [9.17, 15) is 8.42 Å². The molecule has 6 heteroatoms. The molecule has 0 aliphatic carbocycles. The number of nitrogens with zero attached hydrogens (tertiary/aromatic N) is 1. The molecular weight excluding hydrogens is 274 g/mol. The molecule has 1 aliphatic rings. The Morgan fingerprint density at radius 3 is 2.70 bits per heavy atom. The molecule has 20 heavy (non-hydrogen) atoms.